The van der Waals surface area contributed by atoms with Crippen LogP contribution >= 0.6 is 0 Å². The average Bonchev–Trinajstić information content (AvgIpc) is 3.59. The number of likely N-dealkylation sites (tertiary alicyclic amines) is 1. The van der Waals surface area contributed by atoms with Gasteiger partial charge in [0.15, 0.2) is 23.0 Å². The van der Waals surface area contributed by atoms with Gasteiger partial charge in [0.25, 0.3) is 23.2 Å². The van der Waals surface area contributed by atoms with Crippen molar-refractivity contribution in [1.29, 1.82) is 0 Å². The van der Waals surface area contributed by atoms with E-state index in [1.807, 2.05) is 6.92 Å². The number of ether oxygens (including phenoxy) is 6. The highest BCUT2D eigenvalue weighted by atomic mass is 16.6. The van der Waals surface area contributed by atoms with E-state index in [1.165, 1.54) is 20.3 Å². The topological polar surface area (TPSA) is 266 Å². The fraction of sp³-hybridized carbons (Fsp3) is 0.556. The van der Waals surface area contributed by atoms with Crippen LogP contribution in [0.1, 0.15) is 79.0 Å². The van der Waals surface area contributed by atoms with Crippen molar-refractivity contribution in [3.63, 3.8) is 0 Å². The Morgan fingerprint density at radius 2 is 1.39 bits per heavy atom. The van der Waals surface area contributed by atoms with Crippen LogP contribution in [0.3, 0.4) is 0 Å². The van der Waals surface area contributed by atoms with E-state index in [2.05, 4.69) is 10.1 Å². The van der Waals surface area contributed by atoms with Crippen LogP contribution in [0.4, 0.5) is 11.4 Å². The van der Waals surface area contributed by atoms with Crippen LogP contribution in [0.2, 0.25) is 0 Å². The smallest absolute Gasteiger partial charge is 0.328 e. The molecule has 0 bridgehead atoms. The number of carbonyl (C=O) groups excluding carboxylic acids is 4. The van der Waals surface area contributed by atoms with Gasteiger partial charge in [-0.05, 0) is 32.1 Å². The van der Waals surface area contributed by atoms with Gasteiger partial charge in [0.05, 0.1) is 75.3 Å². The first-order valence-corrected chi connectivity index (χ1v) is 17.9. The van der Waals surface area contributed by atoms with Crippen LogP contribution < -0.4 is 24.3 Å². The van der Waals surface area contributed by atoms with Crippen LogP contribution in [0, 0.1) is 20.2 Å². The van der Waals surface area contributed by atoms with Gasteiger partial charge in [0.2, 0.25) is 0 Å². The van der Waals surface area contributed by atoms with Crippen molar-refractivity contribution in [2.24, 2.45) is 0 Å². The molecule has 3 N–H and O–H groups in total. The number of β-amino-alcohol motifs (C(OH)–C–C–N with tert-alkyl or cyclic N) is 1. The third kappa shape index (κ3) is 12.4. The van der Waals surface area contributed by atoms with Crippen molar-refractivity contribution >= 4 is 35.1 Å². The first-order valence-electron chi connectivity index (χ1n) is 17.9. The number of nitro benzene ring substituents is 2. The Hall–Kier alpha value is -5.76. The van der Waals surface area contributed by atoms with Gasteiger partial charge in [0.1, 0.15) is 17.2 Å². The zero-order valence-corrected chi connectivity index (χ0v) is 31.7. The van der Waals surface area contributed by atoms with Gasteiger partial charge in [-0.1, -0.05) is 13.3 Å². The second-order valence-corrected chi connectivity index (χ2v) is 12.7. The van der Waals surface area contributed by atoms with E-state index < -0.39 is 63.2 Å². The highest BCUT2D eigenvalue weighted by Crippen LogP contribution is 2.38. The summed E-state index contributed by atoms with van der Waals surface area (Å²) in [6, 6.07) is 3.39. The van der Waals surface area contributed by atoms with E-state index in [1.54, 1.807) is 0 Å². The van der Waals surface area contributed by atoms with Gasteiger partial charge < -0.3 is 48.9 Å². The highest BCUT2D eigenvalue weighted by Gasteiger charge is 2.42. The molecular weight excluding hydrogens is 744 g/mol. The average molecular weight is 793 g/mol. The standard InChI is InChI=1S/C36H48N4O16/c1-5-6-12-54-30-17-25(35(45)38-21-23(42)15-28(38)36(46)53-4)27(40(49)50)19-32(30)56-14-9-7-8-13-55-31-18-26(39(47)48)24(16-29(31)51-2)34(44)37-20-22(41)10-11-33(43)52-3/h16-19,22-23,28,41-42H,5-15,20-21H2,1-4H3,(H,37,44)/t22-,23-,28+/m1/s1. The number of unbranched alkanes of at least 4 members (excludes halogenated alkanes) is 3. The van der Waals surface area contributed by atoms with Crippen molar-refractivity contribution in [2.75, 3.05) is 54.2 Å². The molecule has 20 nitrogen and oxygen atoms in total. The van der Waals surface area contributed by atoms with E-state index in [-0.39, 0.29) is 86.3 Å². The molecule has 3 atom stereocenters. The minimum atomic E-state index is -1.12. The summed E-state index contributed by atoms with van der Waals surface area (Å²) in [4.78, 5) is 73.5. The Bertz CT molecular complexity index is 1720. The number of carbonyl (C=O) groups is 4. The first kappa shape index (κ1) is 44.6. The Labute approximate surface area is 322 Å². The third-order valence-electron chi connectivity index (χ3n) is 8.69. The predicted molar refractivity (Wildman–Crippen MR) is 195 cm³/mol. The van der Waals surface area contributed by atoms with Crippen LogP contribution in [0.15, 0.2) is 24.3 Å². The van der Waals surface area contributed by atoms with Crippen molar-refractivity contribution in [3.8, 4) is 23.0 Å². The number of esters is 2. The molecule has 3 rings (SSSR count). The lowest BCUT2D eigenvalue weighted by molar-refractivity contribution is -0.385. The van der Waals surface area contributed by atoms with Crippen LogP contribution in [-0.4, -0.2) is 121 Å². The lowest BCUT2D eigenvalue weighted by atomic mass is 10.1. The molecule has 0 aliphatic carbocycles. The minimum Gasteiger partial charge on any atom is -0.493 e. The molecule has 2 amide bonds. The quantitative estimate of drug-likeness (QED) is 0.0631. The van der Waals surface area contributed by atoms with Crippen LogP contribution in [0.5, 0.6) is 23.0 Å². The summed E-state index contributed by atoms with van der Waals surface area (Å²) in [5, 5.41) is 46.6. The molecule has 0 aromatic heterocycles. The monoisotopic (exact) mass is 792 g/mol. The number of nitrogens with one attached hydrogen (secondary N) is 1. The molecule has 0 unspecified atom stereocenters. The van der Waals surface area contributed by atoms with Crippen molar-refractivity contribution in [1.82, 2.24) is 10.2 Å². The summed E-state index contributed by atoms with van der Waals surface area (Å²) in [6.07, 6.45) is 0.597. The van der Waals surface area contributed by atoms with Gasteiger partial charge >= 0.3 is 11.9 Å². The molecule has 1 heterocycles. The molecule has 56 heavy (non-hydrogen) atoms. The minimum absolute atomic E-state index is 0.0106. The fourth-order valence-corrected chi connectivity index (χ4v) is 5.67. The summed E-state index contributed by atoms with van der Waals surface area (Å²) < 4.78 is 32.1. The lowest BCUT2D eigenvalue weighted by Gasteiger charge is -2.23. The van der Waals surface area contributed by atoms with Gasteiger partial charge in [-0.25, -0.2) is 4.79 Å². The molecule has 0 radical (unpaired) electrons. The number of nitrogens with zero attached hydrogens (tertiary/aromatic N) is 3. The maximum atomic E-state index is 13.6. The lowest BCUT2D eigenvalue weighted by Crippen LogP contribution is -2.41. The summed E-state index contributed by atoms with van der Waals surface area (Å²) in [6.45, 7) is 1.88. The number of aliphatic hydroxyl groups excluding tert-OH is 2. The summed E-state index contributed by atoms with van der Waals surface area (Å²) in [5.74, 6) is -2.80. The molecule has 1 aliphatic rings. The largest absolute Gasteiger partial charge is 0.493 e. The maximum Gasteiger partial charge on any atom is 0.328 e. The number of nitro groups is 2. The summed E-state index contributed by atoms with van der Waals surface area (Å²) in [5.41, 5.74) is -1.81. The molecule has 1 aliphatic heterocycles. The van der Waals surface area contributed by atoms with Crippen LogP contribution in [0.25, 0.3) is 0 Å². The van der Waals surface area contributed by atoms with E-state index in [4.69, 9.17) is 23.7 Å². The van der Waals surface area contributed by atoms with Crippen LogP contribution in [-0.2, 0) is 19.1 Å². The third-order valence-corrected chi connectivity index (χ3v) is 8.69. The van der Waals surface area contributed by atoms with Crippen molar-refractivity contribution in [3.05, 3.63) is 55.6 Å². The molecule has 1 fully saturated rings. The molecule has 20 heteroatoms. The fourth-order valence-electron chi connectivity index (χ4n) is 5.67. The number of hydrogen-bond donors (Lipinski definition) is 3. The zero-order chi connectivity index (χ0) is 41.4. The van der Waals surface area contributed by atoms with Gasteiger partial charge in [0, 0.05) is 38.1 Å². The van der Waals surface area contributed by atoms with E-state index >= 15 is 0 Å². The maximum absolute atomic E-state index is 13.6. The van der Waals surface area contributed by atoms with E-state index in [9.17, 15) is 49.6 Å². The summed E-state index contributed by atoms with van der Waals surface area (Å²) >= 11 is 0. The van der Waals surface area contributed by atoms with Gasteiger partial charge in [-0.3, -0.25) is 34.6 Å². The number of methoxy groups -OCH3 is 3. The normalized spacial score (nSPS) is 15.4. The molecule has 2 aromatic rings. The predicted octanol–water partition coefficient (Wildman–Crippen LogP) is 3.11. The second kappa shape index (κ2) is 22.0. The highest BCUT2D eigenvalue weighted by molar-refractivity contribution is 6.01. The van der Waals surface area contributed by atoms with Gasteiger partial charge in [-0.2, -0.15) is 0 Å². The zero-order valence-electron chi connectivity index (χ0n) is 31.7. The molecular formula is C36H48N4O16. The number of amides is 2. The first-order chi connectivity index (χ1) is 26.8. The van der Waals surface area contributed by atoms with Gasteiger partial charge in [-0.15, -0.1) is 0 Å². The van der Waals surface area contributed by atoms with E-state index in [0.29, 0.717) is 25.7 Å². The Morgan fingerprint density at radius 3 is 1.95 bits per heavy atom. The SMILES string of the molecule is CCCCOc1cc(C(=O)N2C[C@H](O)C[C@H]2C(=O)OC)c([N+](=O)[O-])cc1OCCCCCOc1cc([N+](=O)[O-])c(C(=O)NC[C@H](O)CCC(=O)OC)cc1OC. The Kier molecular flexibility index (Phi) is 17.5. The second-order valence-electron chi connectivity index (χ2n) is 12.7. The number of hydrogen-bond acceptors (Lipinski definition) is 16. The van der Waals surface area contributed by atoms with Crippen molar-refractivity contribution < 1.29 is 67.7 Å². The van der Waals surface area contributed by atoms with Crippen molar-refractivity contribution in [2.45, 2.75) is 76.5 Å². The molecule has 308 valence electrons. The number of benzene rings is 2. The molecule has 1 saturated heterocycles. The molecule has 0 saturated carbocycles. The Morgan fingerprint density at radius 1 is 0.839 bits per heavy atom. The Balaban J connectivity index is 1.64. The van der Waals surface area contributed by atoms with E-state index in [0.717, 1.165) is 36.6 Å². The molecule has 0 spiro atoms. The molecule has 2 aromatic carbocycles. The number of aliphatic hydroxyl groups is 2. The summed E-state index contributed by atoms with van der Waals surface area (Å²) in [7, 11) is 3.64. The number of rotatable bonds is 23.